The van der Waals surface area contributed by atoms with Gasteiger partial charge in [0.15, 0.2) is 10.8 Å². The molecule has 2 aliphatic rings. The molecule has 2 atom stereocenters. The van der Waals surface area contributed by atoms with Crippen LogP contribution in [0.3, 0.4) is 0 Å². The van der Waals surface area contributed by atoms with Crippen LogP contribution in [0.25, 0.3) is 6.08 Å². The molecule has 1 fully saturated rings. The van der Waals surface area contributed by atoms with Crippen molar-refractivity contribution < 1.29 is 59.4 Å². The van der Waals surface area contributed by atoms with Crippen molar-refractivity contribution in [2.24, 2.45) is 5.16 Å². The molecule has 2 aliphatic heterocycles. The molecule has 172 valence electrons. The number of nitrogens with one attached hydrogen (secondary N) is 1. The Bertz CT molecular complexity index is 1260. The zero-order valence-corrected chi connectivity index (χ0v) is 22.3. The van der Waals surface area contributed by atoms with Crippen molar-refractivity contribution in [3.05, 3.63) is 38.3 Å². The minimum absolute atomic E-state index is 0. The van der Waals surface area contributed by atoms with Crippen molar-refractivity contribution in [2.75, 3.05) is 11.5 Å². The standard InChI is InChI=1S/C17H13ClN6O6S3.Na/c18-12-8(21-17(19)32-12)9(22-30)13(26)20-10-14(27)24-11(16(28)29)5(4-31-15(10)24)1-2-6-3-7(25)23-33-6;/h1-3,10,15,30H,4H2,(H2,19,21)(H,20,26)(H,23,25)(H,28,29);/q;+1/p-1/b2-1+,22-9-;/t10-,15-;/m1./s1. The first-order valence-corrected chi connectivity index (χ1v) is 11.9. The van der Waals surface area contributed by atoms with E-state index in [0.29, 0.717) is 10.5 Å². The SMILES string of the molecule is Nc1nc(/C(=N/O)C(=O)N[C@@H]2C(=O)N3C(C(=O)O)=C(/C=C/c4cc([O-])ns4)CS[C@H]23)c(Cl)s1.[Na+]. The Kier molecular flexibility index (Phi) is 8.28. The summed E-state index contributed by atoms with van der Waals surface area (Å²) < 4.78 is 3.65. The van der Waals surface area contributed by atoms with Crippen molar-refractivity contribution in [1.29, 1.82) is 0 Å². The number of thioether (sulfide) groups is 1. The van der Waals surface area contributed by atoms with E-state index in [1.807, 2.05) is 0 Å². The first-order valence-electron chi connectivity index (χ1n) is 8.89. The Balaban J connectivity index is 0.00000324. The Morgan fingerprint density at radius 3 is 2.71 bits per heavy atom. The van der Waals surface area contributed by atoms with Crippen LogP contribution in [0, 0.1) is 0 Å². The van der Waals surface area contributed by atoms with Crippen LogP contribution in [0.4, 0.5) is 5.13 Å². The van der Waals surface area contributed by atoms with Crippen molar-refractivity contribution >= 4 is 80.9 Å². The minimum atomic E-state index is -1.31. The van der Waals surface area contributed by atoms with Gasteiger partial charge >= 0.3 is 35.5 Å². The van der Waals surface area contributed by atoms with E-state index in [2.05, 4.69) is 19.8 Å². The number of oxime groups is 1. The van der Waals surface area contributed by atoms with Crippen molar-refractivity contribution in [2.45, 2.75) is 11.4 Å². The number of amides is 2. The fraction of sp³-hybridized carbons (Fsp3) is 0.176. The molecule has 4 rings (SSSR count). The van der Waals surface area contributed by atoms with Gasteiger partial charge in [-0.25, -0.2) is 14.2 Å². The number of allylic oxidation sites excluding steroid dienone is 1. The number of anilines is 1. The summed E-state index contributed by atoms with van der Waals surface area (Å²) in [6, 6.07) is 0.252. The molecule has 2 aromatic rings. The van der Waals surface area contributed by atoms with Crippen LogP contribution in [-0.2, 0) is 14.4 Å². The molecule has 0 aromatic carbocycles. The fourth-order valence-corrected chi connectivity index (χ4v) is 5.95. The number of aromatic nitrogens is 2. The zero-order chi connectivity index (χ0) is 23.9. The summed E-state index contributed by atoms with van der Waals surface area (Å²) >= 11 is 9.05. The number of carbonyl (C=O) groups is 3. The van der Waals surface area contributed by atoms with Crippen LogP contribution >= 0.6 is 46.2 Å². The number of β-lactam (4-membered cyclic amide) rings is 1. The molecular weight excluding hydrogens is 539 g/mol. The van der Waals surface area contributed by atoms with Gasteiger partial charge in [-0.3, -0.25) is 14.5 Å². The Labute approximate surface area is 230 Å². The molecule has 0 radical (unpaired) electrons. The Hall–Kier alpha value is -2.14. The largest absolute Gasteiger partial charge is 1.00 e. The maximum absolute atomic E-state index is 12.8. The molecule has 34 heavy (non-hydrogen) atoms. The topological polar surface area (TPSA) is 194 Å². The number of carboxylic acids is 1. The average Bonchev–Trinajstić information content (AvgIpc) is 3.34. The van der Waals surface area contributed by atoms with Crippen LogP contribution in [0.2, 0.25) is 4.34 Å². The van der Waals surface area contributed by atoms with Crippen LogP contribution in [0.1, 0.15) is 10.6 Å². The van der Waals surface area contributed by atoms with E-state index < -0.39 is 40.8 Å². The summed E-state index contributed by atoms with van der Waals surface area (Å²) in [4.78, 5) is 42.7. The second-order valence-electron chi connectivity index (χ2n) is 6.56. The van der Waals surface area contributed by atoms with Gasteiger partial charge in [0.2, 0.25) is 0 Å². The average molecular weight is 551 g/mol. The first-order chi connectivity index (χ1) is 15.7. The number of hydrogen-bond donors (Lipinski definition) is 4. The van der Waals surface area contributed by atoms with Gasteiger partial charge in [0.1, 0.15) is 27.1 Å². The summed E-state index contributed by atoms with van der Waals surface area (Å²) in [6.45, 7) is 0. The molecule has 5 N–H and O–H groups in total. The monoisotopic (exact) mass is 550 g/mol. The summed E-state index contributed by atoms with van der Waals surface area (Å²) in [5.41, 5.74) is 5.03. The zero-order valence-electron chi connectivity index (χ0n) is 17.1. The normalized spacial score (nSPS) is 20.1. The number of rotatable bonds is 6. The molecule has 17 heteroatoms. The smallest absolute Gasteiger partial charge is 0.858 e. The van der Waals surface area contributed by atoms with E-state index in [4.69, 9.17) is 17.3 Å². The van der Waals surface area contributed by atoms with E-state index in [1.165, 1.54) is 23.9 Å². The quantitative estimate of drug-likeness (QED) is 0.0985. The molecule has 12 nitrogen and oxygen atoms in total. The van der Waals surface area contributed by atoms with E-state index in [1.54, 1.807) is 6.08 Å². The molecule has 4 heterocycles. The van der Waals surface area contributed by atoms with E-state index in [-0.39, 0.29) is 56.2 Å². The number of thiazole rings is 1. The second kappa shape index (κ2) is 10.6. The molecular formula is C17H12ClN6NaO6S3. The predicted octanol–water partition coefficient (Wildman–Crippen LogP) is -2.46. The molecule has 0 saturated carbocycles. The summed E-state index contributed by atoms with van der Waals surface area (Å²) in [5, 5.41) is 34.9. The molecule has 2 amide bonds. The van der Waals surface area contributed by atoms with Crippen LogP contribution in [-0.4, -0.2) is 65.2 Å². The summed E-state index contributed by atoms with van der Waals surface area (Å²) in [7, 11) is 0. The third kappa shape index (κ3) is 4.95. The Morgan fingerprint density at radius 1 is 1.41 bits per heavy atom. The van der Waals surface area contributed by atoms with Gasteiger partial charge < -0.3 is 26.5 Å². The third-order valence-corrected chi connectivity index (χ3v) is 7.71. The predicted molar refractivity (Wildman–Crippen MR) is 120 cm³/mol. The number of hydrogen-bond acceptors (Lipinski definition) is 12. The number of carbonyl (C=O) groups excluding carboxylic acids is 2. The van der Waals surface area contributed by atoms with Gasteiger partial charge in [0, 0.05) is 16.5 Å². The number of nitrogens with zero attached hydrogens (tertiary/aromatic N) is 4. The van der Waals surface area contributed by atoms with Gasteiger partial charge in [-0.05, 0) is 29.2 Å². The molecule has 0 spiro atoms. The van der Waals surface area contributed by atoms with Crippen molar-refractivity contribution in [3.63, 3.8) is 0 Å². The number of fused-ring (bicyclic) bond motifs is 1. The van der Waals surface area contributed by atoms with Gasteiger partial charge in [-0.1, -0.05) is 34.2 Å². The van der Waals surface area contributed by atoms with E-state index in [0.717, 1.165) is 27.8 Å². The fourth-order valence-electron chi connectivity index (χ4n) is 3.18. The van der Waals surface area contributed by atoms with E-state index in [9.17, 15) is 29.8 Å². The molecule has 0 aliphatic carbocycles. The molecule has 0 bridgehead atoms. The number of carboxylic acid groups (broad SMARTS) is 1. The third-order valence-electron chi connectivity index (χ3n) is 4.58. The second-order valence-corrected chi connectivity index (χ2v) is 10.1. The molecule has 0 unspecified atom stereocenters. The van der Waals surface area contributed by atoms with Gasteiger partial charge in [-0.15, -0.1) is 11.8 Å². The van der Waals surface area contributed by atoms with Crippen molar-refractivity contribution in [1.82, 2.24) is 19.6 Å². The summed E-state index contributed by atoms with van der Waals surface area (Å²) in [5.74, 6) is -3.04. The van der Waals surface area contributed by atoms with Crippen LogP contribution < -0.4 is 45.7 Å². The Morgan fingerprint density at radius 2 is 2.15 bits per heavy atom. The first kappa shape index (κ1) is 26.5. The molecule has 1 saturated heterocycles. The number of nitrogen functional groups attached to an aromatic ring is 1. The number of aliphatic carboxylic acids is 1. The molecule has 2 aromatic heterocycles. The maximum Gasteiger partial charge on any atom is 1.00 e. The van der Waals surface area contributed by atoms with Crippen LogP contribution in [0.15, 0.2) is 28.6 Å². The van der Waals surface area contributed by atoms with Crippen molar-refractivity contribution in [3.8, 4) is 5.88 Å². The van der Waals surface area contributed by atoms with E-state index >= 15 is 0 Å². The summed E-state index contributed by atoms with van der Waals surface area (Å²) in [6.07, 6.45) is 3.07. The number of halogens is 1. The van der Waals surface area contributed by atoms with Crippen LogP contribution in [0.5, 0.6) is 5.88 Å². The van der Waals surface area contributed by atoms with Gasteiger partial charge in [-0.2, -0.15) is 0 Å². The number of nitrogens with two attached hydrogens (primary N) is 1. The maximum atomic E-state index is 12.8. The minimum Gasteiger partial charge on any atom is -0.858 e. The van der Waals surface area contributed by atoms with Gasteiger partial charge in [0.25, 0.3) is 11.8 Å². The van der Waals surface area contributed by atoms with Gasteiger partial charge in [0.05, 0.1) is 0 Å².